The summed E-state index contributed by atoms with van der Waals surface area (Å²) < 4.78 is 0. The van der Waals surface area contributed by atoms with Gasteiger partial charge in [-0.05, 0) is 52.6 Å². The summed E-state index contributed by atoms with van der Waals surface area (Å²) in [5.41, 5.74) is 9.28. The summed E-state index contributed by atoms with van der Waals surface area (Å²) in [6.45, 7) is 10.2. The number of hydrogen-bond acceptors (Lipinski definition) is 2. The average Bonchev–Trinajstić information content (AvgIpc) is 2.68. The van der Waals surface area contributed by atoms with Crippen molar-refractivity contribution >= 4 is 0 Å². The van der Waals surface area contributed by atoms with Gasteiger partial charge in [-0.1, -0.05) is 29.8 Å². The first kappa shape index (κ1) is 13.6. The number of nitrogens with zero attached hydrogens (tertiary/aromatic N) is 1. The minimum Gasteiger partial charge on any atom is -0.323 e. The van der Waals surface area contributed by atoms with Gasteiger partial charge in [0.2, 0.25) is 0 Å². The highest BCUT2D eigenvalue weighted by Gasteiger charge is 2.37. The normalized spacial score (nSPS) is 22.9. The summed E-state index contributed by atoms with van der Waals surface area (Å²) in [6, 6.07) is 9.13. The number of rotatable bonds is 3. The zero-order chi connectivity index (χ0) is 13.3. The smallest absolute Gasteiger partial charge is 0.0450 e. The Balaban J connectivity index is 2.13. The van der Waals surface area contributed by atoms with E-state index in [-0.39, 0.29) is 6.04 Å². The molecule has 0 aromatic heterocycles. The van der Waals surface area contributed by atoms with Crippen LogP contribution in [-0.2, 0) is 0 Å². The van der Waals surface area contributed by atoms with Gasteiger partial charge >= 0.3 is 0 Å². The van der Waals surface area contributed by atoms with Crippen molar-refractivity contribution in [3.63, 3.8) is 0 Å². The van der Waals surface area contributed by atoms with Crippen molar-refractivity contribution in [3.8, 4) is 0 Å². The summed E-state index contributed by atoms with van der Waals surface area (Å²) in [7, 11) is 0. The molecule has 0 saturated carbocycles. The highest BCUT2D eigenvalue weighted by Crippen LogP contribution is 2.33. The third-order valence-corrected chi connectivity index (χ3v) is 4.44. The first-order valence-corrected chi connectivity index (χ1v) is 7.01. The maximum absolute atomic E-state index is 6.45. The van der Waals surface area contributed by atoms with Crippen molar-refractivity contribution in [1.29, 1.82) is 0 Å². The number of aryl methyl sites for hydroxylation is 1. The van der Waals surface area contributed by atoms with Gasteiger partial charge in [0, 0.05) is 17.6 Å². The zero-order valence-electron chi connectivity index (χ0n) is 12.1. The molecule has 0 aliphatic carbocycles. The van der Waals surface area contributed by atoms with Crippen molar-refractivity contribution in [1.82, 2.24) is 4.90 Å². The predicted molar refractivity (Wildman–Crippen MR) is 77.6 cm³/mol. The largest absolute Gasteiger partial charge is 0.323 e. The lowest BCUT2D eigenvalue weighted by atomic mass is 9.95. The Hall–Kier alpha value is -0.860. The van der Waals surface area contributed by atoms with E-state index in [1.54, 1.807) is 0 Å². The number of nitrogens with two attached hydrogens (primary N) is 1. The fourth-order valence-corrected chi connectivity index (χ4v) is 3.14. The van der Waals surface area contributed by atoms with Crippen LogP contribution in [0.2, 0.25) is 0 Å². The molecule has 1 aliphatic heterocycles. The fraction of sp³-hybridized carbons (Fsp3) is 0.625. The molecule has 0 amide bonds. The summed E-state index contributed by atoms with van der Waals surface area (Å²) in [5, 5.41) is 0. The van der Waals surface area contributed by atoms with Gasteiger partial charge in [0.1, 0.15) is 0 Å². The first-order valence-electron chi connectivity index (χ1n) is 7.01. The molecule has 2 unspecified atom stereocenters. The minimum absolute atomic E-state index is 0.1000. The molecule has 1 aliphatic rings. The lowest BCUT2D eigenvalue weighted by Crippen LogP contribution is -2.48. The Morgan fingerprint density at radius 2 is 1.83 bits per heavy atom. The van der Waals surface area contributed by atoms with E-state index < -0.39 is 0 Å². The van der Waals surface area contributed by atoms with Crippen LogP contribution in [0.25, 0.3) is 0 Å². The molecular weight excluding hydrogens is 220 g/mol. The van der Waals surface area contributed by atoms with Gasteiger partial charge in [0.05, 0.1) is 0 Å². The van der Waals surface area contributed by atoms with Gasteiger partial charge < -0.3 is 5.73 Å². The van der Waals surface area contributed by atoms with E-state index in [2.05, 4.69) is 56.9 Å². The molecule has 1 fully saturated rings. The molecule has 18 heavy (non-hydrogen) atoms. The van der Waals surface area contributed by atoms with Crippen molar-refractivity contribution in [2.75, 3.05) is 6.54 Å². The Morgan fingerprint density at radius 1 is 1.22 bits per heavy atom. The molecule has 2 atom stereocenters. The summed E-state index contributed by atoms with van der Waals surface area (Å²) in [6.07, 6.45) is 2.57. The average molecular weight is 246 g/mol. The second-order valence-electron chi connectivity index (χ2n) is 6.29. The summed E-state index contributed by atoms with van der Waals surface area (Å²) in [4.78, 5) is 2.57. The lowest BCUT2D eigenvalue weighted by Gasteiger charge is -2.39. The van der Waals surface area contributed by atoms with Crippen LogP contribution in [0.15, 0.2) is 24.3 Å². The van der Waals surface area contributed by atoms with E-state index in [9.17, 15) is 0 Å². The van der Waals surface area contributed by atoms with Crippen molar-refractivity contribution < 1.29 is 0 Å². The molecule has 1 aromatic carbocycles. The molecule has 2 N–H and O–H groups in total. The van der Waals surface area contributed by atoms with Gasteiger partial charge in [-0.15, -0.1) is 0 Å². The van der Waals surface area contributed by atoms with Crippen LogP contribution in [0.1, 0.15) is 50.8 Å². The van der Waals surface area contributed by atoms with E-state index in [1.165, 1.54) is 30.5 Å². The molecule has 2 rings (SSSR count). The molecule has 2 heteroatoms. The Labute approximate surface area is 111 Å². The number of hydrogen-bond donors (Lipinski definition) is 1. The van der Waals surface area contributed by atoms with E-state index in [4.69, 9.17) is 5.73 Å². The van der Waals surface area contributed by atoms with Gasteiger partial charge in [0.25, 0.3) is 0 Å². The van der Waals surface area contributed by atoms with Crippen LogP contribution in [0.3, 0.4) is 0 Å². The molecule has 1 aromatic rings. The quantitative estimate of drug-likeness (QED) is 0.887. The molecule has 1 heterocycles. The zero-order valence-corrected chi connectivity index (χ0v) is 12.1. The van der Waals surface area contributed by atoms with Gasteiger partial charge in [0.15, 0.2) is 0 Å². The second-order valence-corrected chi connectivity index (χ2v) is 6.29. The molecule has 0 spiro atoms. The molecule has 0 bridgehead atoms. The van der Waals surface area contributed by atoms with Crippen LogP contribution in [0.4, 0.5) is 0 Å². The molecule has 0 radical (unpaired) electrons. The van der Waals surface area contributed by atoms with Crippen LogP contribution in [-0.4, -0.2) is 23.0 Å². The maximum Gasteiger partial charge on any atom is 0.0450 e. The summed E-state index contributed by atoms with van der Waals surface area (Å²) >= 11 is 0. The van der Waals surface area contributed by atoms with Gasteiger partial charge in [-0.2, -0.15) is 0 Å². The summed E-state index contributed by atoms with van der Waals surface area (Å²) in [5.74, 6) is 0. The number of benzene rings is 1. The predicted octanol–water partition coefficient (Wildman–Crippen LogP) is 3.26. The maximum atomic E-state index is 6.45. The topological polar surface area (TPSA) is 29.3 Å². The number of likely N-dealkylation sites (tertiary alicyclic amines) is 1. The molecule has 1 saturated heterocycles. The second kappa shape index (κ2) is 5.02. The third-order valence-electron chi connectivity index (χ3n) is 4.44. The van der Waals surface area contributed by atoms with E-state index in [1.807, 2.05) is 0 Å². The minimum atomic E-state index is 0.1000. The van der Waals surface area contributed by atoms with Crippen LogP contribution >= 0.6 is 0 Å². The fourth-order valence-electron chi connectivity index (χ4n) is 3.14. The third kappa shape index (κ3) is 2.60. The Bertz CT molecular complexity index is 394. The van der Waals surface area contributed by atoms with Crippen molar-refractivity contribution in [2.24, 2.45) is 5.73 Å². The van der Waals surface area contributed by atoms with E-state index >= 15 is 0 Å². The van der Waals surface area contributed by atoms with E-state index in [0.29, 0.717) is 11.6 Å². The van der Waals surface area contributed by atoms with Gasteiger partial charge in [-0.3, -0.25) is 4.90 Å². The SMILES string of the molecule is Cc1ccc(C(N)C(C)N2CCCC2(C)C)cc1. The Kier molecular flexibility index (Phi) is 3.79. The van der Waals surface area contributed by atoms with Crippen LogP contribution in [0.5, 0.6) is 0 Å². The Morgan fingerprint density at radius 3 is 2.33 bits per heavy atom. The standard InChI is InChI=1S/C16H26N2/c1-12-6-8-14(9-7-12)15(17)13(2)18-11-5-10-16(18,3)4/h6-9,13,15H,5,10-11,17H2,1-4H3. The monoisotopic (exact) mass is 246 g/mol. The lowest BCUT2D eigenvalue weighted by molar-refractivity contribution is 0.108. The van der Waals surface area contributed by atoms with Crippen LogP contribution in [0, 0.1) is 6.92 Å². The van der Waals surface area contributed by atoms with Crippen LogP contribution < -0.4 is 5.73 Å². The molecule has 2 nitrogen and oxygen atoms in total. The van der Waals surface area contributed by atoms with Gasteiger partial charge in [-0.25, -0.2) is 0 Å². The molecular formula is C16H26N2. The first-order chi connectivity index (χ1) is 8.42. The van der Waals surface area contributed by atoms with Crippen molar-refractivity contribution in [2.45, 2.75) is 58.2 Å². The van der Waals surface area contributed by atoms with E-state index in [0.717, 1.165) is 0 Å². The molecule has 100 valence electrons. The van der Waals surface area contributed by atoms with Crippen molar-refractivity contribution in [3.05, 3.63) is 35.4 Å². The highest BCUT2D eigenvalue weighted by molar-refractivity contribution is 5.25. The highest BCUT2D eigenvalue weighted by atomic mass is 15.2.